The molecule has 0 radical (unpaired) electrons. The number of nitrogens with zero attached hydrogens (tertiary/aromatic N) is 2. The average Bonchev–Trinajstić information content (AvgIpc) is 3.30. The van der Waals surface area contributed by atoms with E-state index in [1.807, 2.05) is 0 Å². The zero-order valence-corrected chi connectivity index (χ0v) is 19.1. The number of hydrogen-bond acceptors (Lipinski definition) is 5. The van der Waals surface area contributed by atoms with E-state index in [-0.39, 0.29) is 27.3 Å². The number of sulfonamides is 1. The van der Waals surface area contributed by atoms with E-state index >= 15 is 0 Å². The summed E-state index contributed by atoms with van der Waals surface area (Å²) < 4.78 is 32.2. The molecule has 0 aliphatic carbocycles. The summed E-state index contributed by atoms with van der Waals surface area (Å²) >= 11 is 6.24. The Labute approximate surface area is 187 Å². The van der Waals surface area contributed by atoms with E-state index in [0.29, 0.717) is 26.1 Å². The van der Waals surface area contributed by atoms with Gasteiger partial charge in [0.1, 0.15) is 6.04 Å². The van der Waals surface area contributed by atoms with Crippen LogP contribution in [0.1, 0.15) is 43.7 Å². The van der Waals surface area contributed by atoms with Gasteiger partial charge in [0.05, 0.1) is 21.9 Å². The second-order valence-electron chi connectivity index (χ2n) is 7.21. The molecule has 0 spiro atoms. The van der Waals surface area contributed by atoms with Gasteiger partial charge < -0.3 is 14.6 Å². The lowest BCUT2D eigenvalue weighted by Gasteiger charge is -2.34. The first kappa shape index (κ1) is 23.3. The smallest absolute Gasteiger partial charge is 0.290 e. The van der Waals surface area contributed by atoms with Crippen LogP contribution in [0.2, 0.25) is 5.02 Å². The predicted octanol–water partition coefficient (Wildman–Crippen LogP) is 3.60. The standard InChI is InChI=1S/C21H26ClN3O5S/c1-3-24(4-2)31(28,29)15-10-11-16(22)17(14-15)23-20(26)18-8-5-6-12-25(18)21(27)19-9-7-13-30-19/h7,9-11,13-14,18H,3-6,8,12H2,1-2H3,(H,23,26). The van der Waals surface area contributed by atoms with Crippen molar-refractivity contribution in [2.24, 2.45) is 0 Å². The Morgan fingerprint density at radius 3 is 2.61 bits per heavy atom. The number of likely N-dealkylation sites (tertiary alicyclic amines) is 1. The first-order valence-corrected chi connectivity index (χ1v) is 12.1. The van der Waals surface area contributed by atoms with Crippen molar-refractivity contribution in [3.05, 3.63) is 47.4 Å². The number of nitrogens with one attached hydrogen (secondary N) is 1. The molecule has 1 atom stereocenters. The Balaban J connectivity index is 1.84. The monoisotopic (exact) mass is 467 g/mol. The zero-order valence-electron chi connectivity index (χ0n) is 17.5. The molecule has 1 aromatic carbocycles. The highest BCUT2D eigenvalue weighted by molar-refractivity contribution is 7.89. The molecule has 1 saturated heterocycles. The summed E-state index contributed by atoms with van der Waals surface area (Å²) in [5.74, 6) is -0.599. The molecule has 2 heterocycles. The Kier molecular flexibility index (Phi) is 7.40. The zero-order chi connectivity index (χ0) is 22.6. The molecule has 0 bridgehead atoms. The van der Waals surface area contributed by atoms with Gasteiger partial charge in [0, 0.05) is 19.6 Å². The van der Waals surface area contributed by atoms with Gasteiger partial charge in [-0.2, -0.15) is 4.31 Å². The summed E-state index contributed by atoms with van der Waals surface area (Å²) in [7, 11) is -3.71. The van der Waals surface area contributed by atoms with Crippen LogP contribution in [-0.4, -0.2) is 55.1 Å². The van der Waals surface area contributed by atoms with E-state index < -0.39 is 22.0 Å². The van der Waals surface area contributed by atoms with Crippen LogP contribution in [0.3, 0.4) is 0 Å². The van der Waals surface area contributed by atoms with Crippen LogP contribution in [0, 0.1) is 0 Å². The summed E-state index contributed by atoms with van der Waals surface area (Å²) in [6, 6.07) is 6.69. The first-order valence-electron chi connectivity index (χ1n) is 10.2. The van der Waals surface area contributed by atoms with Gasteiger partial charge in [0.2, 0.25) is 15.9 Å². The summed E-state index contributed by atoms with van der Waals surface area (Å²) in [6.45, 7) is 4.60. The Bertz CT molecular complexity index is 1040. The molecule has 8 nitrogen and oxygen atoms in total. The van der Waals surface area contributed by atoms with Crippen LogP contribution < -0.4 is 5.32 Å². The maximum atomic E-state index is 13.1. The number of anilines is 1. The maximum absolute atomic E-state index is 13.1. The topological polar surface area (TPSA) is 99.9 Å². The normalized spacial score (nSPS) is 17.0. The number of hydrogen-bond donors (Lipinski definition) is 1. The number of carbonyl (C=O) groups is 2. The Morgan fingerprint density at radius 2 is 1.97 bits per heavy atom. The number of halogens is 1. The largest absolute Gasteiger partial charge is 0.459 e. The molecule has 168 valence electrons. The lowest BCUT2D eigenvalue weighted by Crippen LogP contribution is -2.50. The molecule has 1 N–H and O–H groups in total. The summed E-state index contributed by atoms with van der Waals surface area (Å²) in [5, 5.41) is 2.93. The molecule has 1 aliphatic heterocycles. The lowest BCUT2D eigenvalue weighted by atomic mass is 10.0. The van der Waals surface area contributed by atoms with Gasteiger partial charge in [0.15, 0.2) is 5.76 Å². The summed E-state index contributed by atoms with van der Waals surface area (Å²) in [4.78, 5) is 27.4. The van der Waals surface area contributed by atoms with Gasteiger partial charge >= 0.3 is 0 Å². The average molecular weight is 468 g/mol. The second-order valence-corrected chi connectivity index (χ2v) is 9.55. The van der Waals surface area contributed by atoms with Crippen LogP contribution in [0.5, 0.6) is 0 Å². The van der Waals surface area contributed by atoms with Crippen LogP contribution in [0.15, 0.2) is 45.9 Å². The van der Waals surface area contributed by atoms with Crippen molar-refractivity contribution in [2.75, 3.05) is 25.0 Å². The fourth-order valence-electron chi connectivity index (χ4n) is 3.68. The van der Waals surface area contributed by atoms with Crippen molar-refractivity contribution in [3.63, 3.8) is 0 Å². The van der Waals surface area contributed by atoms with E-state index in [9.17, 15) is 18.0 Å². The highest BCUT2D eigenvalue weighted by Gasteiger charge is 2.34. The third-order valence-electron chi connectivity index (χ3n) is 5.34. The van der Waals surface area contributed by atoms with Crippen LogP contribution in [0.4, 0.5) is 5.69 Å². The molecular formula is C21H26ClN3O5S. The molecule has 2 aromatic rings. The van der Waals surface area contributed by atoms with E-state index in [4.69, 9.17) is 16.0 Å². The van der Waals surface area contributed by atoms with Gasteiger partial charge in [0.25, 0.3) is 5.91 Å². The van der Waals surface area contributed by atoms with Crippen molar-refractivity contribution in [3.8, 4) is 0 Å². The molecule has 1 aromatic heterocycles. The minimum Gasteiger partial charge on any atom is -0.459 e. The third kappa shape index (κ3) is 4.94. The quantitative estimate of drug-likeness (QED) is 0.670. The van der Waals surface area contributed by atoms with Crippen LogP contribution in [0.25, 0.3) is 0 Å². The molecule has 1 aliphatic rings. The van der Waals surface area contributed by atoms with Crippen LogP contribution >= 0.6 is 11.6 Å². The van der Waals surface area contributed by atoms with Crippen LogP contribution in [-0.2, 0) is 14.8 Å². The number of piperidine rings is 1. The lowest BCUT2D eigenvalue weighted by molar-refractivity contribution is -0.121. The Morgan fingerprint density at radius 1 is 1.23 bits per heavy atom. The number of furan rings is 1. The summed E-state index contributed by atoms with van der Waals surface area (Å²) in [6.07, 6.45) is 3.49. The van der Waals surface area contributed by atoms with Crippen molar-refractivity contribution >= 4 is 39.1 Å². The minimum absolute atomic E-state index is 0.0445. The molecule has 1 fully saturated rings. The minimum atomic E-state index is -3.71. The van der Waals surface area contributed by atoms with Crippen molar-refractivity contribution in [2.45, 2.75) is 44.0 Å². The van der Waals surface area contributed by atoms with Gasteiger partial charge in [-0.15, -0.1) is 0 Å². The van der Waals surface area contributed by atoms with Gasteiger partial charge in [-0.25, -0.2) is 8.42 Å². The molecule has 31 heavy (non-hydrogen) atoms. The fraction of sp³-hybridized carbons (Fsp3) is 0.429. The van der Waals surface area contributed by atoms with Gasteiger partial charge in [-0.1, -0.05) is 25.4 Å². The van der Waals surface area contributed by atoms with Crippen molar-refractivity contribution in [1.29, 1.82) is 0 Å². The van der Waals surface area contributed by atoms with E-state index in [0.717, 1.165) is 12.8 Å². The van der Waals surface area contributed by atoms with Crippen molar-refractivity contribution in [1.82, 2.24) is 9.21 Å². The predicted molar refractivity (Wildman–Crippen MR) is 118 cm³/mol. The maximum Gasteiger partial charge on any atom is 0.290 e. The SMILES string of the molecule is CCN(CC)S(=O)(=O)c1ccc(Cl)c(NC(=O)C2CCCCN2C(=O)c2ccco2)c1. The second kappa shape index (κ2) is 9.84. The fourth-order valence-corrected chi connectivity index (χ4v) is 5.33. The molecule has 1 unspecified atom stereocenters. The highest BCUT2D eigenvalue weighted by Crippen LogP contribution is 2.28. The molecular weight excluding hydrogens is 442 g/mol. The molecule has 10 heteroatoms. The van der Waals surface area contributed by atoms with E-state index in [1.54, 1.807) is 26.0 Å². The van der Waals surface area contributed by atoms with Gasteiger partial charge in [-0.3, -0.25) is 9.59 Å². The van der Waals surface area contributed by atoms with Gasteiger partial charge in [-0.05, 0) is 49.6 Å². The van der Waals surface area contributed by atoms with Crippen molar-refractivity contribution < 1.29 is 22.4 Å². The molecule has 3 rings (SSSR count). The molecule has 2 amide bonds. The highest BCUT2D eigenvalue weighted by atomic mass is 35.5. The Hall–Kier alpha value is -2.36. The number of benzene rings is 1. The summed E-state index contributed by atoms with van der Waals surface area (Å²) in [5.41, 5.74) is 0.191. The third-order valence-corrected chi connectivity index (χ3v) is 7.71. The van der Waals surface area contributed by atoms with E-state index in [2.05, 4.69) is 5.32 Å². The number of rotatable bonds is 7. The number of amides is 2. The number of carbonyl (C=O) groups excluding carboxylic acids is 2. The van der Waals surface area contributed by atoms with E-state index in [1.165, 1.54) is 33.7 Å². The first-order chi connectivity index (χ1) is 14.8. The molecule has 0 saturated carbocycles.